The topological polar surface area (TPSA) is 75.9 Å². The molecule has 0 radical (unpaired) electrons. The van der Waals surface area contributed by atoms with Gasteiger partial charge in [-0.25, -0.2) is 15.8 Å². The first-order chi connectivity index (χ1) is 9.01. The van der Waals surface area contributed by atoms with E-state index >= 15 is 0 Å². The molecule has 2 heterocycles. The van der Waals surface area contributed by atoms with Crippen LogP contribution in [0.2, 0.25) is 0 Å². The number of nitrogen functional groups attached to an aromatic ring is 1. The number of hydrazine groups is 1. The van der Waals surface area contributed by atoms with Crippen LogP contribution in [-0.2, 0) is 5.41 Å². The monoisotopic (exact) mass is 277 g/mol. The van der Waals surface area contributed by atoms with Gasteiger partial charge in [0.05, 0.1) is 0 Å². The van der Waals surface area contributed by atoms with Gasteiger partial charge in [0.25, 0.3) is 0 Å². The third-order valence-corrected chi connectivity index (χ3v) is 4.12. The minimum atomic E-state index is 0.0589. The number of rotatable bonds is 5. The fraction of sp³-hybridized carbons (Fsp3) is 0.385. The number of thiophene rings is 1. The molecule has 6 heteroatoms. The van der Waals surface area contributed by atoms with Crippen LogP contribution in [0, 0.1) is 6.92 Å². The van der Waals surface area contributed by atoms with Crippen LogP contribution in [0.5, 0.6) is 0 Å². The largest absolute Gasteiger partial charge is 0.369 e. The standard InChI is InChI=1S/C13H19N5S/c1-9-16-11(7-12(17-9)18-14)15-8-13(2,3)10-5-4-6-19-10/h4-7H,8,14H2,1-3H3,(H2,15,16,17,18). The number of anilines is 2. The van der Waals surface area contributed by atoms with Crippen LogP contribution in [0.4, 0.5) is 11.6 Å². The summed E-state index contributed by atoms with van der Waals surface area (Å²) in [5.41, 5.74) is 2.60. The number of nitrogens with one attached hydrogen (secondary N) is 2. The van der Waals surface area contributed by atoms with E-state index in [9.17, 15) is 0 Å². The highest BCUT2D eigenvalue weighted by molar-refractivity contribution is 7.10. The molecule has 0 atom stereocenters. The molecule has 0 amide bonds. The first-order valence-corrected chi connectivity index (χ1v) is 6.99. The number of nitrogens with two attached hydrogens (primary N) is 1. The van der Waals surface area contributed by atoms with E-state index in [0.29, 0.717) is 11.6 Å². The molecule has 2 rings (SSSR count). The van der Waals surface area contributed by atoms with E-state index < -0.39 is 0 Å². The second-order valence-corrected chi connectivity index (χ2v) is 5.99. The number of hydrogen-bond donors (Lipinski definition) is 3. The van der Waals surface area contributed by atoms with Crippen molar-refractivity contribution in [2.45, 2.75) is 26.2 Å². The normalized spacial score (nSPS) is 11.4. The van der Waals surface area contributed by atoms with Crippen LogP contribution in [0.15, 0.2) is 23.6 Å². The summed E-state index contributed by atoms with van der Waals surface area (Å²) in [5, 5.41) is 5.45. The van der Waals surface area contributed by atoms with Gasteiger partial charge >= 0.3 is 0 Å². The predicted octanol–water partition coefficient (Wildman–Crippen LogP) is 2.52. The second kappa shape index (κ2) is 5.54. The Morgan fingerprint density at radius 2 is 2.05 bits per heavy atom. The van der Waals surface area contributed by atoms with Crippen molar-refractivity contribution in [2.24, 2.45) is 5.84 Å². The average molecular weight is 277 g/mol. The molecule has 0 aliphatic rings. The number of aromatic nitrogens is 2. The summed E-state index contributed by atoms with van der Waals surface area (Å²) in [6.07, 6.45) is 0. The zero-order chi connectivity index (χ0) is 13.9. The molecule has 0 spiro atoms. The van der Waals surface area contributed by atoms with E-state index in [1.54, 1.807) is 17.4 Å². The van der Waals surface area contributed by atoms with Gasteiger partial charge in [0.1, 0.15) is 17.5 Å². The second-order valence-electron chi connectivity index (χ2n) is 5.04. The van der Waals surface area contributed by atoms with Crippen molar-refractivity contribution in [1.82, 2.24) is 9.97 Å². The van der Waals surface area contributed by atoms with E-state index in [1.807, 2.05) is 6.92 Å². The summed E-state index contributed by atoms with van der Waals surface area (Å²) in [5.74, 6) is 7.46. The van der Waals surface area contributed by atoms with Crippen molar-refractivity contribution in [3.05, 3.63) is 34.3 Å². The van der Waals surface area contributed by atoms with Crippen LogP contribution in [0.1, 0.15) is 24.5 Å². The van der Waals surface area contributed by atoms with Crippen molar-refractivity contribution in [3.8, 4) is 0 Å². The molecule has 19 heavy (non-hydrogen) atoms. The molecule has 0 unspecified atom stereocenters. The van der Waals surface area contributed by atoms with Crippen molar-refractivity contribution >= 4 is 23.0 Å². The molecule has 0 saturated heterocycles. The minimum Gasteiger partial charge on any atom is -0.369 e. The molecule has 4 N–H and O–H groups in total. The van der Waals surface area contributed by atoms with Crippen molar-refractivity contribution in [1.29, 1.82) is 0 Å². The van der Waals surface area contributed by atoms with E-state index in [2.05, 4.69) is 52.1 Å². The summed E-state index contributed by atoms with van der Waals surface area (Å²) in [7, 11) is 0. The number of hydrogen-bond acceptors (Lipinski definition) is 6. The molecular weight excluding hydrogens is 258 g/mol. The summed E-state index contributed by atoms with van der Waals surface area (Å²) in [6, 6.07) is 6.04. The Morgan fingerprint density at radius 3 is 2.68 bits per heavy atom. The van der Waals surface area contributed by atoms with E-state index in [0.717, 1.165) is 12.4 Å². The third kappa shape index (κ3) is 3.42. The first-order valence-electron chi connectivity index (χ1n) is 6.11. The maximum atomic E-state index is 5.38. The molecule has 0 aliphatic heterocycles. The zero-order valence-electron chi connectivity index (χ0n) is 11.4. The van der Waals surface area contributed by atoms with Gasteiger partial charge in [0.2, 0.25) is 0 Å². The van der Waals surface area contributed by atoms with Crippen molar-refractivity contribution < 1.29 is 0 Å². The summed E-state index contributed by atoms with van der Waals surface area (Å²) < 4.78 is 0. The van der Waals surface area contributed by atoms with Crippen LogP contribution < -0.4 is 16.6 Å². The lowest BCUT2D eigenvalue weighted by Crippen LogP contribution is -2.27. The molecule has 0 fully saturated rings. The molecule has 2 aromatic heterocycles. The van der Waals surface area contributed by atoms with Gasteiger partial charge in [-0.1, -0.05) is 19.9 Å². The van der Waals surface area contributed by atoms with Crippen molar-refractivity contribution in [3.63, 3.8) is 0 Å². The van der Waals surface area contributed by atoms with Crippen LogP contribution in [-0.4, -0.2) is 16.5 Å². The molecule has 0 bridgehead atoms. The van der Waals surface area contributed by atoms with Gasteiger partial charge in [-0.3, -0.25) is 0 Å². The molecule has 0 aromatic carbocycles. The quantitative estimate of drug-likeness (QED) is 0.578. The van der Waals surface area contributed by atoms with Gasteiger partial charge in [-0.05, 0) is 18.4 Å². The molecule has 102 valence electrons. The van der Waals surface area contributed by atoms with Gasteiger partial charge in [0.15, 0.2) is 0 Å². The maximum absolute atomic E-state index is 5.38. The lowest BCUT2D eigenvalue weighted by molar-refractivity contribution is 0.568. The Morgan fingerprint density at radius 1 is 1.32 bits per heavy atom. The van der Waals surface area contributed by atoms with Crippen LogP contribution >= 0.6 is 11.3 Å². The smallest absolute Gasteiger partial charge is 0.145 e. The fourth-order valence-corrected chi connectivity index (χ4v) is 2.65. The van der Waals surface area contributed by atoms with Crippen LogP contribution in [0.3, 0.4) is 0 Å². The zero-order valence-corrected chi connectivity index (χ0v) is 12.2. The van der Waals surface area contributed by atoms with Crippen molar-refractivity contribution in [2.75, 3.05) is 17.3 Å². The Hall–Kier alpha value is -1.66. The maximum Gasteiger partial charge on any atom is 0.145 e. The highest BCUT2D eigenvalue weighted by Crippen LogP contribution is 2.27. The fourth-order valence-electron chi connectivity index (χ4n) is 1.79. The van der Waals surface area contributed by atoms with E-state index in [-0.39, 0.29) is 5.41 Å². The van der Waals surface area contributed by atoms with Crippen LogP contribution in [0.25, 0.3) is 0 Å². The Kier molecular flexibility index (Phi) is 4.01. The molecule has 2 aromatic rings. The Bertz CT molecular complexity index is 536. The van der Waals surface area contributed by atoms with Gasteiger partial charge in [0, 0.05) is 22.9 Å². The Balaban J connectivity index is 2.08. The summed E-state index contributed by atoms with van der Waals surface area (Å²) in [4.78, 5) is 9.86. The number of aryl methyl sites for hydroxylation is 1. The molecule has 0 aliphatic carbocycles. The third-order valence-electron chi connectivity index (χ3n) is 2.89. The van der Waals surface area contributed by atoms with Gasteiger partial charge < -0.3 is 10.7 Å². The molecule has 5 nitrogen and oxygen atoms in total. The lowest BCUT2D eigenvalue weighted by Gasteiger charge is -2.24. The first kappa shape index (κ1) is 13.8. The minimum absolute atomic E-state index is 0.0589. The SMILES string of the molecule is Cc1nc(NN)cc(NCC(C)(C)c2cccs2)n1. The van der Waals surface area contributed by atoms with E-state index in [4.69, 9.17) is 5.84 Å². The average Bonchev–Trinajstić information content (AvgIpc) is 2.90. The van der Waals surface area contributed by atoms with Gasteiger partial charge in [-0.15, -0.1) is 11.3 Å². The highest BCUT2D eigenvalue weighted by atomic mass is 32.1. The number of nitrogens with zero attached hydrogens (tertiary/aromatic N) is 2. The lowest BCUT2D eigenvalue weighted by atomic mass is 9.91. The highest BCUT2D eigenvalue weighted by Gasteiger charge is 2.21. The molecule has 0 saturated carbocycles. The van der Waals surface area contributed by atoms with Gasteiger partial charge in [-0.2, -0.15) is 0 Å². The molecular formula is C13H19N5S. The summed E-state index contributed by atoms with van der Waals surface area (Å²) in [6.45, 7) is 7.06. The Labute approximate surface area is 117 Å². The predicted molar refractivity (Wildman–Crippen MR) is 80.4 cm³/mol. The van der Waals surface area contributed by atoms with E-state index in [1.165, 1.54) is 4.88 Å². The summed E-state index contributed by atoms with van der Waals surface area (Å²) >= 11 is 1.77.